The Morgan fingerprint density at radius 1 is 0.786 bits per heavy atom. The molecule has 1 aromatic rings. The van der Waals surface area contributed by atoms with E-state index in [1.807, 2.05) is 0 Å². The Hall–Kier alpha value is -2.00. The van der Waals surface area contributed by atoms with E-state index in [-0.39, 0.29) is 13.2 Å². The first-order chi connectivity index (χ1) is 13.7. The van der Waals surface area contributed by atoms with Gasteiger partial charge in [0.05, 0.1) is 64.0 Å². The molecule has 0 saturated carbocycles. The van der Waals surface area contributed by atoms with E-state index >= 15 is 0 Å². The summed E-state index contributed by atoms with van der Waals surface area (Å²) in [6.07, 6.45) is 0. The number of hydrogen-bond donors (Lipinski definition) is 0. The number of carbonyl (C=O) groups excluding carboxylic acids is 2. The number of esters is 2. The molecule has 0 N–H and O–H groups in total. The van der Waals surface area contributed by atoms with Crippen LogP contribution in [-0.2, 0) is 28.4 Å². The van der Waals surface area contributed by atoms with Crippen molar-refractivity contribution in [3.63, 3.8) is 0 Å². The quantitative estimate of drug-likeness (QED) is 0.387. The first kappa shape index (κ1) is 20.7. The number of ether oxygens (including phenoxy) is 6. The Morgan fingerprint density at radius 2 is 1.25 bits per heavy atom. The lowest BCUT2D eigenvalue weighted by Gasteiger charge is -2.25. The predicted molar refractivity (Wildman–Crippen MR) is 97.3 cm³/mol. The first-order valence-electron chi connectivity index (χ1n) is 9.47. The molecule has 0 aliphatic carbocycles. The molecule has 2 aliphatic heterocycles. The third kappa shape index (κ3) is 6.56. The van der Waals surface area contributed by atoms with Gasteiger partial charge in [0.2, 0.25) is 0 Å². The van der Waals surface area contributed by atoms with Crippen molar-refractivity contribution in [2.24, 2.45) is 11.8 Å². The second kappa shape index (κ2) is 11.1. The minimum absolute atomic E-state index is 0.157. The van der Waals surface area contributed by atoms with Gasteiger partial charge in [0.25, 0.3) is 0 Å². The van der Waals surface area contributed by atoms with E-state index in [2.05, 4.69) is 0 Å². The fourth-order valence-corrected chi connectivity index (χ4v) is 2.59. The summed E-state index contributed by atoms with van der Waals surface area (Å²) in [7, 11) is 0. The van der Waals surface area contributed by atoms with Gasteiger partial charge in [-0.15, -0.1) is 0 Å². The van der Waals surface area contributed by atoms with Crippen LogP contribution in [0.3, 0.4) is 0 Å². The molecular formula is C20H26O8. The molecule has 0 unspecified atom stereocenters. The van der Waals surface area contributed by atoms with Crippen molar-refractivity contribution in [3.8, 4) is 0 Å². The Morgan fingerprint density at radius 3 is 1.64 bits per heavy atom. The zero-order valence-corrected chi connectivity index (χ0v) is 15.8. The largest absolute Gasteiger partial charge is 0.460 e. The van der Waals surface area contributed by atoms with Gasteiger partial charge in [-0.25, -0.2) is 9.59 Å². The highest BCUT2D eigenvalue weighted by Gasteiger charge is 2.19. The van der Waals surface area contributed by atoms with Crippen molar-refractivity contribution >= 4 is 11.9 Å². The van der Waals surface area contributed by atoms with Crippen molar-refractivity contribution in [2.45, 2.75) is 0 Å². The van der Waals surface area contributed by atoms with E-state index < -0.39 is 11.9 Å². The molecule has 8 heteroatoms. The van der Waals surface area contributed by atoms with E-state index in [0.29, 0.717) is 49.4 Å². The molecule has 0 amide bonds. The van der Waals surface area contributed by atoms with E-state index in [0.717, 1.165) is 26.4 Å². The number of carbonyl (C=O) groups is 2. The molecular weight excluding hydrogens is 368 g/mol. The van der Waals surface area contributed by atoms with Crippen molar-refractivity contribution in [3.05, 3.63) is 35.4 Å². The van der Waals surface area contributed by atoms with Gasteiger partial charge in [-0.1, -0.05) is 6.07 Å². The zero-order chi connectivity index (χ0) is 19.6. The van der Waals surface area contributed by atoms with Gasteiger partial charge in [0.15, 0.2) is 0 Å². The summed E-state index contributed by atoms with van der Waals surface area (Å²) >= 11 is 0. The number of benzene rings is 1. The van der Waals surface area contributed by atoms with E-state index in [4.69, 9.17) is 28.4 Å². The monoisotopic (exact) mass is 394 g/mol. The second-order valence-corrected chi connectivity index (χ2v) is 6.81. The Balaban J connectivity index is 1.32. The molecule has 0 radical (unpaired) electrons. The van der Waals surface area contributed by atoms with Crippen LogP contribution in [0, 0.1) is 11.8 Å². The summed E-state index contributed by atoms with van der Waals surface area (Å²) in [5, 5.41) is 0. The van der Waals surface area contributed by atoms with Gasteiger partial charge in [-0.05, 0) is 18.2 Å². The lowest BCUT2D eigenvalue weighted by Crippen LogP contribution is -2.32. The molecule has 8 nitrogen and oxygen atoms in total. The molecule has 0 aromatic heterocycles. The molecule has 0 bridgehead atoms. The van der Waals surface area contributed by atoms with Gasteiger partial charge < -0.3 is 28.4 Å². The molecule has 0 atom stereocenters. The minimum Gasteiger partial charge on any atom is -0.460 e. The van der Waals surface area contributed by atoms with E-state index in [1.54, 1.807) is 18.2 Å². The topological polar surface area (TPSA) is 89.5 Å². The summed E-state index contributed by atoms with van der Waals surface area (Å²) in [6, 6.07) is 6.27. The van der Waals surface area contributed by atoms with Gasteiger partial charge >= 0.3 is 11.9 Å². The Labute approximate surface area is 164 Å². The standard InChI is InChI=1S/C20H26O8/c21-19(27-6-4-23-9-15-11-25-12-15)17-2-1-3-18(8-17)20(22)28-7-5-24-10-16-13-26-14-16/h1-3,8,15-16H,4-7,9-14H2. The average Bonchev–Trinajstić information content (AvgIpc) is 2.64. The molecule has 2 aliphatic rings. The van der Waals surface area contributed by atoms with Crippen LogP contribution in [-0.4, -0.2) is 78.0 Å². The molecule has 1 aromatic carbocycles. The van der Waals surface area contributed by atoms with Gasteiger partial charge in [0.1, 0.15) is 13.2 Å². The molecule has 0 spiro atoms. The highest BCUT2D eigenvalue weighted by Crippen LogP contribution is 2.11. The Kier molecular flexibility index (Phi) is 8.23. The fraction of sp³-hybridized carbons (Fsp3) is 0.600. The van der Waals surface area contributed by atoms with Crippen LogP contribution in [0.15, 0.2) is 24.3 Å². The predicted octanol–water partition coefficient (Wildman–Crippen LogP) is 1.33. The zero-order valence-electron chi connectivity index (χ0n) is 15.8. The maximum absolute atomic E-state index is 12.1. The highest BCUT2D eigenvalue weighted by molar-refractivity contribution is 5.95. The van der Waals surface area contributed by atoms with Crippen LogP contribution >= 0.6 is 0 Å². The van der Waals surface area contributed by atoms with Gasteiger partial charge in [-0.3, -0.25) is 0 Å². The first-order valence-corrected chi connectivity index (χ1v) is 9.47. The summed E-state index contributed by atoms with van der Waals surface area (Å²) in [6.45, 7) is 5.10. The van der Waals surface area contributed by atoms with Crippen molar-refractivity contribution < 1.29 is 38.0 Å². The number of rotatable bonds is 12. The number of hydrogen-bond acceptors (Lipinski definition) is 8. The van der Waals surface area contributed by atoms with Crippen molar-refractivity contribution in [2.75, 3.05) is 66.1 Å². The van der Waals surface area contributed by atoms with E-state index in [9.17, 15) is 9.59 Å². The van der Waals surface area contributed by atoms with Crippen LogP contribution in [0.1, 0.15) is 20.7 Å². The summed E-state index contributed by atoms with van der Waals surface area (Å²) in [5.41, 5.74) is 0.589. The lowest BCUT2D eigenvalue weighted by atomic mass is 10.1. The molecule has 28 heavy (non-hydrogen) atoms. The molecule has 2 fully saturated rings. The summed E-state index contributed by atoms with van der Waals surface area (Å²) in [5.74, 6) is -0.125. The highest BCUT2D eigenvalue weighted by atomic mass is 16.6. The smallest absolute Gasteiger partial charge is 0.338 e. The second-order valence-electron chi connectivity index (χ2n) is 6.81. The molecule has 3 rings (SSSR count). The average molecular weight is 394 g/mol. The third-order valence-electron chi connectivity index (χ3n) is 4.38. The SMILES string of the molecule is O=C(OCCOCC1COC1)c1cccc(C(=O)OCCOCC2COC2)c1. The molecule has 2 heterocycles. The van der Waals surface area contributed by atoms with E-state index in [1.165, 1.54) is 6.07 Å². The van der Waals surface area contributed by atoms with Crippen LogP contribution in [0.2, 0.25) is 0 Å². The normalized spacial score (nSPS) is 16.9. The van der Waals surface area contributed by atoms with Crippen molar-refractivity contribution in [1.29, 1.82) is 0 Å². The van der Waals surface area contributed by atoms with Crippen LogP contribution in [0.5, 0.6) is 0 Å². The van der Waals surface area contributed by atoms with Crippen molar-refractivity contribution in [1.82, 2.24) is 0 Å². The summed E-state index contributed by atoms with van der Waals surface area (Å²) < 4.78 is 31.3. The van der Waals surface area contributed by atoms with Crippen LogP contribution < -0.4 is 0 Å². The van der Waals surface area contributed by atoms with Crippen LogP contribution in [0.25, 0.3) is 0 Å². The van der Waals surface area contributed by atoms with Crippen LogP contribution in [0.4, 0.5) is 0 Å². The maximum Gasteiger partial charge on any atom is 0.338 e. The van der Waals surface area contributed by atoms with Gasteiger partial charge in [0, 0.05) is 11.8 Å². The fourth-order valence-electron chi connectivity index (χ4n) is 2.59. The Bertz CT molecular complexity index is 588. The maximum atomic E-state index is 12.1. The molecule has 2 saturated heterocycles. The summed E-state index contributed by atoms with van der Waals surface area (Å²) in [4.78, 5) is 24.2. The molecule has 154 valence electrons. The lowest BCUT2D eigenvalue weighted by molar-refractivity contribution is -0.0755. The minimum atomic E-state index is -0.503. The third-order valence-corrected chi connectivity index (χ3v) is 4.38. The van der Waals surface area contributed by atoms with Gasteiger partial charge in [-0.2, -0.15) is 0 Å².